The predicted molar refractivity (Wildman–Crippen MR) is 162 cm³/mol. The Morgan fingerprint density at radius 2 is 1.71 bits per heavy atom. The highest BCUT2D eigenvalue weighted by atomic mass is 32.2. The molecule has 0 spiro atoms. The van der Waals surface area contributed by atoms with Gasteiger partial charge in [0.05, 0.1) is 23.9 Å². The number of hydrogen-bond acceptors (Lipinski definition) is 8. The van der Waals surface area contributed by atoms with Gasteiger partial charge in [0.1, 0.15) is 11.3 Å². The van der Waals surface area contributed by atoms with Gasteiger partial charge in [-0.25, -0.2) is 26.1 Å². The standard InChI is InChI=1S/C30H43N3O7S2/c1-22(2)18-33(42(37,38)28-14-12-27(39-4)13-15-28)20-26(34)16-17-32(19-24-8-5-6-9-24)41(35,36)21-25-10-7-11-29-30(25)40-23(3)31-29/h7,10-15,22,24,26,34H,5-6,8-9,16-21H2,1-4H3/t26-/m0/s1. The fourth-order valence-electron chi connectivity index (χ4n) is 5.54. The number of aromatic nitrogens is 1. The van der Waals surface area contributed by atoms with Crippen LogP contribution in [-0.4, -0.2) is 74.9 Å². The second kappa shape index (κ2) is 13.9. The molecule has 1 aliphatic carbocycles. The van der Waals surface area contributed by atoms with Crippen LogP contribution in [0.25, 0.3) is 11.1 Å². The van der Waals surface area contributed by atoms with E-state index in [2.05, 4.69) is 4.98 Å². The Bertz CT molecular complexity index is 1530. The molecule has 0 unspecified atom stereocenters. The van der Waals surface area contributed by atoms with Gasteiger partial charge in [0.25, 0.3) is 0 Å². The average molecular weight is 622 g/mol. The lowest BCUT2D eigenvalue weighted by Gasteiger charge is -2.29. The number of oxazole rings is 1. The highest BCUT2D eigenvalue weighted by Crippen LogP contribution is 2.29. The number of aliphatic hydroxyl groups is 1. The highest BCUT2D eigenvalue weighted by molar-refractivity contribution is 7.89. The maximum atomic E-state index is 13.8. The van der Waals surface area contributed by atoms with Gasteiger partial charge in [-0.15, -0.1) is 0 Å². The lowest BCUT2D eigenvalue weighted by atomic mass is 10.1. The predicted octanol–water partition coefficient (Wildman–Crippen LogP) is 4.56. The first-order valence-electron chi connectivity index (χ1n) is 14.5. The van der Waals surface area contributed by atoms with Gasteiger partial charge >= 0.3 is 0 Å². The molecule has 232 valence electrons. The summed E-state index contributed by atoms with van der Waals surface area (Å²) in [6, 6.07) is 11.4. The molecular weight excluding hydrogens is 578 g/mol. The molecule has 12 heteroatoms. The highest BCUT2D eigenvalue weighted by Gasteiger charge is 2.31. The Hall–Kier alpha value is -2.51. The maximum Gasteiger partial charge on any atom is 0.243 e. The Labute approximate surface area is 249 Å². The third kappa shape index (κ3) is 8.10. The molecule has 0 amide bonds. The zero-order valence-electron chi connectivity index (χ0n) is 24.9. The number of hydrogen-bond donors (Lipinski definition) is 1. The lowest BCUT2D eigenvalue weighted by molar-refractivity contribution is 0.125. The summed E-state index contributed by atoms with van der Waals surface area (Å²) in [6.45, 7) is 6.09. The van der Waals surface area contributed by atoms with E-state index >= 15 is 0 Å². The van der Waals surface area contributed by atoms with Gasteiger partial charge in [0, 0.05) is 38.7 Å². The molecule has 1 heterocycles. The number of aliphatic hydroxyl groups excluding tert-OH is 1. The van der Waals surface area contributed by atoms with Gasteiger partial charge in [0.15, 0.2) is 11.5 Å². The molecule has 42 heavy (non-hydrogen) atoms. The fraction of sp³-hybridized carbons (Fsp3) is 0.567. The quantitative estimate of drug-likeness (QED) is 0.261. The van der Waals surface area contributed by atoms with Crippen LogP contribution in [0.1, 0.15) is 57.4 Å². The van der Waals surface area contributed by atoms with E-state index in [1.165, 1.54) is 27.9 Å². The summed E-state index contributed by atoms with van der Waals surface area (Å²) < 4.78 is 68.2. The first-order valence-corrected chi connectivity index (χ1v) is 17.6. The van der Waals surface area contributed by atoms with Crippen LogP contribution in [0, 0.1) is 18.8 Å². The number of benzene rings is 2. The summed E-state index contributed by atoms with van der Waals surface area (Å²) in [5.74, 6) is 1.05. The number of para-hydroxylation sites is 1. The van der Waals surface area contributed by atoms with Crippen LogP contribution in [0.4, 0.5) is 0 Å². The van der Waals surface area contributed by atoms with Gasteiger partial charge in [0.2, 0.25) is 20.0 Å². The minimum Gasteiger partial charge on any atom is -0.497 e. The Kier molecular flexibility index (Phi) is 10.7. The van der Waals surface area contributed by atoms with Crippen molar-refractivity contribution < 1.29 is 31.1 Å². The largest absolute Gasteiger partial charge is 0.497 e. The molecule has 3 aromatic rings. The SMILES string of the molecule is COc1ccc(S(=O)(=O)N(CC(C)C)C[C@@H](O)CCN(CC2CCCC2)S(=O)(=O)Cc2cccc3nc(C)oc23)cc1. The second-order valence-electron chi connectivity index (χ2n) is 11.6. The first kappa shape index (κ1) is 32.4. The van der Waals surface area contributed by atoms with E-state index in [9.17, 15) is 21.9 Å². The van der Waals surface area contributed by atoms with Gasteiger partial charge in [-0.3, -0.25) is 0 Å². The molecule has 1 aliphatic rings. The molecule has 4 rings (SSSR count). The third-order valence-corrected chi connectivity index (χ3v) is 11.3. The minimum absolute atomic E-state index is 0.0203. The molecular formula is C30H43N3O7S2. The van der Waals surface area contributed by atoms with Crippen molar-refractivity contribution in [2.45, 2.75) is 69.6 Å². The summed E-state index contributed by atoms with van der Waals surface area (Å²) in [4.78, 5) is 4.43. The van der Waals surface area contributed by atoms with Gasteiger partial charge in [-0.05, 0) is 61.4 Å². The topological polar surface area (TPSA) is 130 Å². The van der Waals surface area contributed by atoms with Crippen molar-refractivity contribution in [3.63, 3.8) is 0 Å². The van der Waals surface area contributed by atoms with Crippen LogP contribution in [0.3, 0.4) is 0 Å². The molecule has 0 bridgehead atoms. The average Bonchev–Trinajstić information content (AvgIpc) is 3.59. The van der Waals surface area contributed by atoms with Crippen LogP contribution < -0.4 is 4.74 Å². The third-order valence-electron chi connectivity index (χ3n) is 7.66. The van der Waals surface area contributed by atoms with Crippen molar-refractivity contribution in [2.24, 2.45) is 11.8 Å². The van der Waals surface area contributed by atoms with E-state index in [1.54, 1.807) is 37.3 Å². The molecule has 0 radical (unpaired) electrons. The van der Waals surface area contributed by atoms with Crippen molar-refractivity contribution in [2.75, 3.05) is 33.3 Å². The maximum absolute atomic E-state index is 13.8. The number of fused-ring (bicyclic) bond motifs is 1. The van der Waals surface area contributed by atoms with Crippen molar-refractivity contribution >= 4 is 31.1 Å². The number of sulfonamides is 2. The van der Waals surface area contributed by atoms with Crippen molar-refractivity contribution in [1.82, 2.24) is 13.6 Å². The lowest BCUT2D eigenvalue weighted by Crippen LogP contribution is -2.42. The molecule has 2 aromatic carbocycles. The minimum atomic E-state index is -3.89. The zero-order valence-corrected chi connectivity index (χ0v) is 26.5. The number of aryl methyl sites for hydroxylation is 1. The Balaban J connectivity index is 1.50. The number of rotatable bonds is 15. The molecule has 0 saturated heterocycles. The van der Waals surface area contributed by atoms with Crippen LogP contribution in [0.2, 0.25) is 0 Å². The number of methoxy groups -OCH3 is 1. The molecule has 1 atom stereocenters. The van der Waals surface area contributed by atoms with E-state index < -0.39 is 26.2 Å². The first-order chi connectivity index (χ1) is 19.9. The van der Waals surface area contributed by atoms with Crippen LogP contribution in [0.5, 0.6) is 5.75 Å². The molecule has 1 fully saturated rings. The summed E-state index contributed by atoms with van der Waals surface area (Å²) in [5, 5.41) is 11.1. The molecule has 0 aliphatic heterocycles. The monoisotopic (exact) mass is 621 g/mol. The molecule has 10 nitrogen and oxygen atoms in total. The molecule has 1 aromatic heterocycles. The zero-order chi connectivity index (χ0) is 30.5. The summed E-state index contributed by atoms with van der Waals surface area (Å²) in [5.41, 5.74) is 1.62. The van der Waals surface area contributed by atoms with Gasteiger partial charge in [-0.2, -0.15) is 4.31 Å². The summed E-state index contributed by atoms with van der Waals surface area (Å²) >= 11 is 0. The molecule has 1 saturated carbocycles. The van der Waals surface area contributed by atoms with Crippen LogP contribution in [0.15, 0.2) is 51.8 Å². The molecule has 1 N–H and O–H groups in total. The van der Waals surface area contributed by atoms with Gasteiger partial charge < -0.3 is 14.3 Å². The van der Waals surface area contributed by atoms with E-state index in [-0.39, 0.29) is 48.5 Å². The second-order valence-corrected chi connectivity index (χ2v) is 15.5. The van der Waals surface area contributed by atoms with Gasteiger partial charge in [-0.1, -0.05) is 38.8 Å². The normalized spacial score (nSPS) is 15.8. The van der Waals surface area contributed by atoms with E-state index in [0.717, 1.165) is 25.7 Å². The van der Waals surface area contributed by atoms with Crippen LogP contribution >= 0.6 is 0 Å². The Morgan fingerprint density at radius 1 is 1.02 bits per heavy atom. The smallest absolute Gasteiger partial charge is 0.243 e. The van der Waals surface area contributed by atoms with E-state index in [4.69, 9.17) is 9.15 Å². The number of ether oxygens (including phenoxy) is 1. The van der Waals surface area contributed by atoms with E-state index in [1.807, 2.05) is 13.8 Å². The summed E-state index contributed by atoms with van der Waals surface area (Å²) in [7, 11) is -6.16. The fourth-order valence-corrected chi connectivity index (χ4v) is 8.80. The van der Waals surface area contributed by atoms with Crippen LogP contribution in [-0.2, 0) is 25.8 Å². The van der Waals surface area contributed by atoms with Crippen molar-refractivity contribution in [3.8, 4) is 5.75 Å². The van der Waals surface area contributed by atoms with Crippen molar-refractivity contribution in [3.05, 3.63) is 53.9 Å². The Morgan fingerprint density at radius 3 is 2.36 bits per heavy atom. The van der Waals surface area contributed by atoms with Crippen molar-refractivity contribution in [1.29, 1.82) is 0 Å². The summed E-state index contributed by atoms with van der Waals surface area (Å²) in [6.07, 6.45) is 3.13. The number of nitrogens with zero attached hydrogens (tertiary/aromatic N) is 3. The van der Waals surface area contributed by atoms with E-state index in [0.29, 0.717) is 34.8 Å².